The van der Waals surface area contributed by atoms with E-state index in [4.69, 9.17) is 5.73 Å². The Morgan fingerprint density at radius 1 is 1.29 bits per heavy atom. The molecule has 21 heavy (non-hydrogen) atoms. The second kappa shape index (κ2) is 5.02. The number of hydrogen-bond acceptors (Lipinski definition) is 5. The average Bonchev–Trinajstić information content (AvgIpc) is 3.06. The third-order valence-corrected chi connectivity index (χ3v) is 4.28. The quantitative estimate of drug-likeness (QED) is 0.570. The first-order valence-electron chi connectivity index (χ1n) is 6.22. The minimum atomic E-state index is -0.401. The summed E-state index contributed by atoms with van der Waals surface area (Å²) in [7, 11) is 0. The average molecular weight is 300 g/mol. The van der Waals surface area contributed by atoms with Crippen molar-refractivity contribution in [1.82, 2.24) is 10.2 Å². The van der Waals surface area contributed by atoms with E-state index in [2.05, 4.69) is 10.2 Å². The molecule has 0 radical (unpaired) electrons. The van der Waals surface area contributed by atoms with Crippen LogP contribution in [0.1, 0.15) is 5.56 Å². The number of aromatic amines is 1. The van der Waals surface area contributed by atoms with Gasteiger partial charge in [0.25, 0.3) is 0 Å². The standard InChI is InChI=1S/C14H12N4O2S/c1-8-4-2-3-5-9(8)12-13(16-17-14(12)15)10-6-7-11(21-10)18(19)20/h2-7H,1H3,(H3,15,16,17). The smallest absolute Gasteiger partial charge is 0.324 e. The van der Waals surface area contributed by atoms with Gasteiger partial charge < -0.3 is 5.73 Å². The van der Waals surface area contributed by atoms with E-state index in [0.29, 0.717) is 11.5 Å². The predicted molar refractivity (Wildman–Crippen MR) is 83.1 cm³/mol. The van der Waals surface area contributed by atoms with Gasteiger partial charge in [0.05, 0.1) is 21.1 Å². The highest BCUT2D eigenvalue weighted by Crippen LogP contribution is 2.40. The minimum Gasteiger partial charge on any atom is -0.382 e. The van der Waals surface area contributed by atoms with E-state index >= 15 is 0 Å². The monoisotopic (exact) mass is 300 g/mol. The zero-order valence-corrected chi connectivity index (χ0v) is 12.0. The van der Waals surface area contributed by atoms with Crippen molar-refractivity contribution in [3.8, 4) is 21.7 Å². The van der Waals surface area contributed by atoms with Gasteiger partial charge in [-0.3, -0.25) is 15.2 Å². The molecule has 3 aromatic rings. The van der Waals surface area contributed by atoms with E-state index in [1.54, 1.807) is 6.07 Å². The van der Waals surface area contributed by atoms with Crippen molar-refractivity contribution >= 4 is 22.2 Å². The number of nitrogens with zero attached hydrogens (tertiary/aromatic N) is 2. The van der Waals surface area contributed by atoms with E-state index < -0.39 is 4.92 Å². The van der Waals surface area contributed by atoms with Crippen LogP contribution in [0, 0.1) is 17.0 Å². The van der Waals surface area contributed by atoms with Crippen LogP contribution in [0.25, 0.3) is 21.7 Å². The van der Waals surface area contributed by atoms with Crippen molar-refractivity contribution in [1.29, 1.82) is 0 Å². The summed E-state index contributed by atoms with van der Waals surface area (Å²) in [5, 5.41) is 17.9. The zero-order valence-electron chi connectivity index (χ0n) is 11.2. The molecule has 106 valence electrons. The molecule has 0 spiro atoms. The Kier molecular flexibility index (Phi) is 3.19. The molecule has 0 amide bonds. The molecule has 6 nitrogen and oxygen atoms in total. The van der Waals surface area contributed by atoms with Crippen molar-refractivity contribution in [2.75, 3.05) is 5.73 Å². The molecule has 0 bridgehead atoms. The van der Waals surface area contributed by atoms with Crippen LogP contribution in [-0.2, 0) is 0 Å². The summed E-state index contributed by atoms with van der Waals surface area (Å²) in [6.45, 7) is 1.99. The Labute approximate surface area is 124 Å². The van der Waals surface area contributed by atoms with E-state index in [9.17, 15) is 10.1 Å². The number of anilines is 1. The lowest BCUT2D eigenvalue weighted by Crippen LogP contribution is -1.90. The van der Waals surface area contributed by atoms with Crippen molar-refractivity contribution in [3.63, 3.8) is 0 Å². The molecule has 0 aliphatic heterocycles. The molecule has 2 aromatic heterocycles. The van der Waals surface area contributed by atoms with Gasteiger partial charge in [0.15, 0.2) is 5.82 Å². The molecule has 7 heteroatoms. The maximum Gasteiger partial charge on any atom is 0.324 e. The molecule has 0 atom stereocenters. The lowest BCUT2D eigenvalue weighted by Gasteiger charge is -2.06. The first kappa shape index (κ1) is 13.3. The number of rotatable bonds is 3. The number of thiophene rings is 1. The number of aromatic nitrogens is 2. The van der Waals surface area contributed by atoms with Gasteiger partial charge in [0.1, 0.15) is 0 Å². The SMILES string of the molecule is Cc1ccccc1-c1c(N)n[nH]c1-c1ccc([N+](=O)[O-])s1. The van der Waals surface area contributed by atoms with Gasteiger partial charge in [0.2, 0.25) is 0 Å². The largest absolute Gasteiger partial charge is 0.382 e. The number of nitrogens with one attached hydrogen (secondary N) is 1. The molecule has 1 aromatic carbocycles. The fourth-order valence-electron chi connectivity index (χ4n) is 2.22. The van der Waals surface area contributed by atoms with Gasteiger partial charge in [-0.15, -0.1) is 0 Å². The highest BCUT2D eigenvalue weighted by molar-refractivity contribution is 7.18. The van der Waals surface area contributed by atoms with Gasteiger partial charge in [-0.25, -0.2) is 0 Å². The molecule has 2 heterocycles. The van der Waals surface area contributed by atoms with Crippen molar-refractivity contribution in [2.24, 2.45) is 0 Å². The summed E-state index contributed by atoms with van der Waals surface area (Å²) < 4.78 is 0. The van der Waals surface area contributed by atoms with Crippen LogP contribution in [0.4, 0.5) is 10.8 Å². The number of nitrogen functional groups attached to an aromatic ring is 1. The van der Waals surface area contributed by atoms with Gasteiger partial charge >= 0.3 is 5.00 Å². The fourth-order valence-corrected chi connectivity index (χ4v) is 3.04. The molecule has 0 aliphatic carbocycles. The second-order valence-corrected chi connectivity index (χ2v) is 5.63. The predicted octanol–water partition coefficient (Wildman–Crippen LogP) is 3.60. The Morgan fingerprint density at radius 2 is 2.05 bits per heavy atom. The molecule has 0 saturated heterocycles. The Morgan fingerprint density at radius 3 is 2.71 bits per heavy atom. The summed E-state index contributed by atoms with van der Waals surface area (Å²) >= 11 is 1.10. The molecule has 0 aliphatic rings. The number of aryl methyl sites for hydroxylation is 1. The summed E-state index contributed by atoms with van der Waals surface area (Å²) in [4.78, 5) is 11.2. The maximum absolute atomic E-state index is 10.8. The van der Waals surface area contributed by atoms with Crippen LogP contribution in [0.3, 0.4) is 0 Å². The van der Waals surface area contributed by atoms with E-state index in [1.165, 1.54) is 6.07 Å². The second-order valence-electron chi connectivity index (χ2n) is 4.57. The molecule has 0 saturated carbocycles. The van der Waals surface area contributed by atoms with Crippen molar-refractivity contribution in [2.45, 2.75) is 6.92 Å². The van der Waals surface area contributed by atoms with E-state index in [0.717, 1.165) is 32.9 Å². The topological polar surface area (TPSA) is 97.8 Å². The van der Waals surface area contributed by atoms with Crippen LogP contribution in [0.5, 0.6) is 0 Å². The van der Waals surface area contributed by atoms with Crippen LogP contribution in [-0.4, -0.2) is 15.1 Å². The van der Waals surface area contributed by atoms with Crippen LogP contribution >= 0.6 is 11.3 Å². The normalized spacial score (nSPS) is 10.7. The molecule has 0 fully saturated rings. The fraction of sp³-hybridized carbons (Fsp3) is 0.0714. The molecule has 3 N–H and O–H groups in total. The molecule has 3 rings (SSSR count). The summed E-state index contributed by atoms with van der Waals surface area (Å²) in [6.07, 6.45) is 0. The number of nitrogens with two attached hydrogens (primary N) is 1. The van der Waals surface area contributed by atoms with E-state index in [1.807, 2.05) is 31.2 Å². The lowest BCUT2D eigenvalue weighted by atomic mass is 10.00. The van der Waals surface area contributed by atoms with Gasteiger partial charge in [0, 0.05) is 6.07 Å². The first-order chi connectivity index (χ1) is 10.1. The summed E-state index contributed by atoms with van der Waals surface area (Å²) in [5.41, 5.74) is 9.50. The van der Waals surface area contributed by atoms with E-state index in [-0.39, 0.29) is 5.00 Å². The molecule has 0 unspecified atom stereocenters. The third-order valence-electron chi connectivity index (χ3n) is 3.23. The maximum atomic E-state index is 10.8. The number of H-pyrrole nitrogens is 1. The first-order valence-corrected chi connectivity index (χ1v) is 7.04. The highest BCUT2D eigenvalue weighted by Gasteiger charge is 2.19. The minimum absolute atomic E-state index is 0.0916. The Hall–Kier alpha value is -2.67. The zero-order chi connectivity index (χ0) is 15.0. The summed E-state index contributed by atoms with van der Waals surface area (Å²) in [5.74, 6) is 0.385. The number of hydrogen-bond donors (Lipinski definition) is 2. The van der Waals surface area contributed by atoms with Crippen LogP contribution in [0.2, 0.25) is 0 Å². The van der Waals surface area contributed by atoms with Crippen molar-refractivity contribution < 1.29 is 4.92 Å². The Bertz CT molecular complexity index is 822. The van der Waals surface area contributed by atoms with Crippen LogP contribution in [0.15, 0.2) is 36.4 Å². The van der Waals surface area contributed by atoms with Gasteiger partial charge in [-0.2, -0.15) is 5.10 Å². The van der Waals surface area contributed by atoms with Gasteiger partial charge in [-0.05, 0) is 24.1 Å². The Balaban J connectivity index is 2.17. The van der Waals surface area contributed by atoms with Crippen LogP contribution < -0.4 is 5.73 Å². The molecular formula is C14H12N4O2S. The van der Waals surface area contributed by atoms with Gasteiger partial charge in [-0.1, -0.05) is 35.6 Å². The number of benzene rings is 1. The summed E-state index contributed by atoms with van der Waals surface area (Å²) in [6, 6.07) is 11.0. The molecular weight excluding hydrogens is 288 g/mol. The number of nitro groups is 1. The highest BCUT2D eigenvalue weighted by atomic mass is 32.1. The third kappa shape index (κ3) is 2.27. The lowest BCUT2D eigenvalue weighted by molar-refractivity contribution is -0.380. The van der Waals surface area contributed by atoms with Crippen molar-refractivity contribution in [3.05, 3.63) is 52.1 Å².